The Bertz CT molecular complexity index is 1400. The summed E-state index contributed by atoms with van der Waals surface area (Å²) in [7, 11) is 0. The number of benzene rings is 2. The third kappa shape index (κ3) is 14.7. The minimum atomic E-state index is -1.19. The van der Waals surface area contributed by atoms with Crippen molar-refractivity contribution in [1.82, 2.24) is 31.9 Å². The Balaban J connectivity index is 1.88. The van der Waals surface area contributed by atoms with Gasteiger partial charge in [0, 0.05) is 6.42 Å². The van der Waals surface area contributed by atoms with E-state index in [1.807, 2.05) is 19.9 Å². The molecule has 2 aromatic carbocycles. The highest BCUT2D eigenvalue weighted by Gasteiger charge is 2.26. The molecule has 7 N–H and O–H groups in total. The first-order chi connectivity index (χ1) is 22.7. The summed E-state index contributed by atoms with van der Waals surface area (Å²) in [5, 5.41) is 23.8. The van der Waals surface area contributed by atoms with Gasteiger partial charge in [0.05, 0.1) is 13.1 Å². The van der Waals surface area contributed by atoms with Crippen LogP contribution in [0.2, 0.25) is 0 Å². The first kappa shape index (κ1) is 38.7. The van der Waals surface area contributed by atoms with Crippen molar-refractivity contribution in [3.05, 3.63) is 71.8 Å². The number of carboxylic acids is 1. The Kier molecular flexibility index (Phi) is 16.1. The molecular formula is C33H44N6O9. The summed E-state index contributed by atoms with van der Waals surface area (Å²) in [6, 6.07) is 13.4. The summed E-state index contributed by atoms with van der Waals surface area (Å²) >= 11 is 0. The number of alkyl carbamates (subject to hydrolysis) is 1. The van der Waals surface area contributed by atoms with Gasteiger partial charge in [0.1, 0.15) is 30.8 Å². The van der Waals surface area contributed by atoms with Crippen LogP contribution in [0.1, 0.15) is 45.2 Å². The van der Waals surface area contributed by atoms with E-state index in [0.717, 1.165) is 11.1 Å². The lowest BCUT2D eigenvalue weighted by Gasteiger charge is -2.21. The van der Waals surface area contributed by atoms with Crippen LogP contribution in [0.15, 0.2) is 60.7 Å². The van der Waals surface area contributed by atoms with E-state index in [9.17, 15) is 38.7 Å². The largest absolute Gasteiger partial charge is 0.480 e. The standard InChI is InChI=1S/C33H44N6O9/c1-20(2)15-26(32(45)46)38-28(41)18-34-29(42)21(3)36-27(40)17-35-31(44)25(16-23-11-7-5-8-12-23)39-30(43)22(4)37-33(47)48-19-24-13-9-6-10-14-24/h5-14,20-22,25-26H,15-19H2,1-4H3,(H,34,42)(H,35,44)(H,36,40)(H,37,47)(H,38,41)(H,39,43)(H,45,46)/t21-,22-,25-,26-/m0/s1. The number of carbonyl (C=O) groups is 7. The van der Waals surface area contributed by atoms with Gasteiger partial charge >= 0.3 is 12.1 Å². The van der Waals surface area contributed by atoms with Gasteiger partial charge in [-0.05, 0) is 37.3 Å². The van der Waals surface area contributed by atoms with Crippen LogP contribution in [0.5, 0.6) is 0 Å². The zero-order chi connectivity index (χ0) is 35.6. The van der Waals surface area contributed by atoms with Crippen LogP contribution in [0, 0.1) is 5.92 Å². The molecule has 0 aliphatic rings. The van der Waals surface area contributed by atoms with E-state index in [1.54, 1.807) is 54.6 Å². The van der Waals surface area contributed by atoms with Crippen molar-refractivity contribution < 1.29 is 43.4 Å². The summed E-state index contributed by atoms with van der Waals surface area (Å²) in [4.78, 5) is 86.7. The lowest BCUT2D eigenvalue weighted by Crippen LogP contribution is -2.55. The summed E-state index contributed by atoms with van der Waals surface area (Å²) in [5.41, 5.74) is 1.48. The Hall–Kier alpha value is -5.47. The maximum atomic E-state index is 13.1. The quantitative estimate of drug-likeness (QED) is 0.117. The zero-order valence-electron chi connectivity index (χ0n) is 27.4. The fourth-order valence-electron chi connectivity index (χ4n) is 4.27. The Morgan fingerprint density at radius 1 is 0.625 bits per heavy atom. The fraction of sp³-hybridized carbons (Fsp3) is 0.424. The van der Waals surface area contributed by atoms with Crippen molar-refractivity contribution in [3.8, 4) is 0 Å². The molecule has 2 rings (SSSR count). The van der Waals surface area contributed by atoms with Gasteiger partial charge in [0.2, 0.25) is 29.5 Å². The molecule has 0 saturated carbocycles. The Morgan fingerprint density at radius 3 is 1.71 bits per heavy atom. The normalized spacial score (nSPS) is 13.1. The first-order valence-electron chi connectivity index (χ1n) is 15.4. The van der Waals surface area contributed by atoms with Crippen molar-refractivity contribution in [2.24, 2.45) is 5.92 Å². The van der Waals surface area contributed by atoms with Crippen molar-refractivity contribution >= 4 is 41.6 Å². The average Bonchev–Trinajstić information content (AvgIpc) is 3.05. The van der Waals surface area contributed by atoms with Crippen LogP contribution in [0.25, 0.3) is 0 Å². The highest BCUT2D eigenvalue weighted by Crippen LogP contribution is 2.06. The van der Waals surface area contributed by atoms with E-state index in [2.05, 4.69) is 31.9 Å². The summed E-state index contributed by atoms with van der Waals surface area (Å²) in [6.45, 7) is 5.37. The van der Waals surface area contributed by atoms with Crippen LogP contribution >= 0.6 is 0 Å². The van der Waals surface area contributed by atoms with E-state index in [0.29, 0.717) is 0 Å². The second kappa shape index (κ2) is 19.9. The molecule has 260 valence electrons. The van der Waals surface area contributed by atoms with E-state index < -0.39 is 78.9 Å². The number of hydrogen-bond acceptors (Lipinski definition) is 8. The van der Waals surface area contributed by atoms with E-state index in [-0.39, 0.29) is 25.4 Å². The molecular weight excluding hydrogens is 624 g/mol. The lowest BCUT2D eigenvalue weighted by molar-refractivity contribution is -0.142. The fourth-order valence-corrected chi connectivity index (χ4v) is 4.27. The molecule has 15 nitrogen and oxygen atoms in total. The Morgan fingerprint density at radius 2 is 1.15 bits per heavy atom. The molecule has 0 fully saturated rings. The second-order valence-electron chi connectivity index (χ2n) is 11.5. The molecule has 0 heterocycles. The molecule has 0 saturated heterocycles. The van der Waals surface area contributed by atoms with Crippen molar-refractivity contribution in [1.29, 1.82) is 0 Å². The topological polar surface area (TPSA) is 221 Å². The molecule has 0 aliphatic heterocycles. The number of carboxylic acid groups (broad SMARTS) is 1. The molecule has 15 heteroatoms. The Labute approximate surface area is 278 Å². The molecule has 48 heavy (non-hydrogen) atoms. The summed E-state index contributed by atoms with van der Waals surface area (Å²) in [5.74, 6) is -4.67. The van der Waals surface area contributed by atoms with Gasteiger partial charge in [-0.25, -0.2) is 9.59 Å². The minimum absolute atomic E-state index is 0.00335. The van der Waals surface area contributed by atoms with Gasteiger partial charge < -0.3 is 41.7 Å². The van der Waals surface area contributed by atoms with Gasteiger partial charge in [-0.3, -0.25) is 24.0 Å². The molecule has 4 atom stereocenters. The summed E-state index contributed by atoms with van der Waals surface area (Å²) < 4.78 is 5.15. The highest BCUT2D eigenvalue weighted by atomic mass is 16.5. The third-order valence-electron chi connectivity index (χ3n) is 6.81. The molecule has 0 aliphatic carbocycles. The van der Waals surface area contributed by atoms with Crippen molar-refractivity contribution in [2.45, 2.75) is 71.3 Å². The van der Waals surface area contributed by atoms with Crippen LogP contribution < -0.4 is 31.9 Å². The monoisotopic (exact) mass is 668 g/mol. The molecule has 0 spiro atoms. The SMILES string of the molecule is CC(C)C[C@H](NC(=O)CNC(=O)[C@H](C)NC(=O)CNC(=O)[C@H](Cc1ccccc1)NC(=O)[C@H](C)NC(=O)OCc1ccccc1)C(=O)O. The molecule has 0 unspecified atom stereocenters. The maximum Gasteiger partial charge on any atom is 0.408 e. The van der Waals surface area contributed by atoms with Gasteiger partial charge in [-0.15, -0.1) is 0 Å². The number of rotatable bonds is 18. The second-order valence-corrected chi connectivity index (χ2v) is 11.5. The van der Waals surface area contributed by atoms with Crippen LogP contribution in [-0.4, -0.2) is 84.0 Å². The molecule has 0 radical (unpaired) electrons. The number of hydrogen-bond donors (Lipinski definition) is 7. The van der Waals surface area contributed by atoms with Crippen LogP contribution in [0.4, 0.5) is 4.79 Å². The third-order valence-corrected chi connectivity index (χ3v) is 6.81. The lowest BCUT2D eigenvalue weighted by atomic mass is 10.0. The first-order valence-corrected chi connectivity index (χ1v) is 15.4. The highest BCUT2D eigenvalue weighted by molar-refractivity contribution is 5.94. The molecule has 0 bridgehead atoms. The van der Waals surface area contributed by atoms with Crippen LogP contribution in [-0.2, 0) is 46.5 Å². The smallest absolute Gasteiger partial charge is 0.408 e. The molecule has 6 amide bonds. The van der Waals surface area contributed by atoms with Crippen LogP contribution in [0.3, 0.4) is 0 Å². The van der Waals surface area contributed by atoms with Gasteiger partial charge in [0.25, 0.3) is 0 Å². The van der Waals surface area contributed by atoms with Crippen molar-refractivity contribution in [3.63, 3.8) is 0 Å². The number of ether oxygens (including phenoxy) is 1. The molecule has 2 aromatic rings. The predicted molar refractivity (Wildman–Crippen MR) is 174 cm³/mol. The zero-order valence-corrected chi connectivity index (χ0v) is 27.4. The summed E-state index contributed by atoms with van der Waals surface area (Å²) in [6.07, 6.45) is -0.536. The van der Waals surface area contributed by atoms with E-state index in [4.69, 9.17) is 4.74 Å². The number of amides is 6. The number of nitrogens with one attached hydrogen (secondary N) is 6. The van der Waals surface area contributed by atoms with E-state index in [1.165, 1.54) is 13.8 Å². The van der Waals surface area contributed by atoms with Gasteiger partial charge in [-0.1, -0.05) is 74.5 Å². The van der Waals surface area contributed by atoms with Gasteiger partial charge in [-0.2, -0.15) is 0 Å². The van der Waals surface area contributed by atoms with E-state index >= 15 is 0 Å². The van der Waals surface area contributed by atoms with Crippen molar-refractivity contribution in [2.75, 3.05) is 13.1 Å². The number of carbonyl (C=O) groups excluding carboxylic acids is 6. The van der Waals surface area contributed by atoms with Gasteiger partial charge in [0.15, 0.2) is 0 Å². The average molecular weight is 669 g/mol. The maximum absolute atomic E-state index is 13.1. The number of aliphatic carboxylic acids is 1. The minimum Gasteiger partial charge on any atom is -0.480 e. The molecule has 0 aromatic heterocycles. The predicted octanol–water partition coefficient (Wildman–Crippen LogP) is 0.381.